The molecule has 0 saturated heterocycles. The van der Waals surface area contributed by atoms with E-state index < -0.39 is 271 Å². The zero-order chi connectivity index (χ0) is 61.1. The fourth-order valence-electron chi connectivity index (χ4n) is 11.4. The smallest absolute Gasteiger partial charge is 0.252 e. The Balaban J connectivity index is 1.20. The van der Waals surface area contributed by atoms with Crippen molar-refractivity contribution < 1.29 is 150 Å². The Labute approximate surface area is 463 Å². The summed E-state index contributed by atoms with van der Waals surface area (Å²) in [6.07, 6.45) is 0. The quantitative estimate of drug-likeness (QED) is 0.0457. The van der Waals surface area contributed by atoms with Crippen molar-refractivity contribution in [2.24, 2.45) is 0 Å². The number of rotatable bonds is 3. The minimum Gasteiger partial charge on any atom is -0.507 e. The molecule has 0 unspecified atom stereocenters. The van der Waals surface area contributed by atoms with Gasteiger partial charge >= 0.3 is 0 Å². The van der Waals surface area contributed by atoms with Gasteiger partial charge in [-0.1, -0.05) is 0 Å². The third-order valence-corrected chi connectivity index (χ3v) is 15.5. The van der Waals surface area contributed by atoms with Crippen molar-refractivity contribution in [1.29, 1.82) is 0 Å². The van der Waals surface area contributed by atoms with Crippen molar-refractivity contribution in [1.82, 2.24) is 18.9 Å². The third kappa shape index (κ3) is 5.29. The van der Waals surface area contributed by atoms with Crippen LogP contribution in [0.25, 0.3) is 133 Å². The second-order valence-electron chi connectivity index (χ2n) is 19.6. The van der Waals surface area contributed by atoms with E-state index in [1.807, 2.05) is 0 Å². The molecule has 8 aromatic carbocycles. The fourth-order valence-corrected chi connectivity index (χ4v) is 11.4. The first-order chi connectivity index (χ1) is 40.8. The Morgan fingerprint density at radius 2 is 0.628 bits per heavy atom. The van der Waals surface area contributed by atoms with Gasteiger partial charge in [0.05, 0.1) is 49.7 Å². The minimum absolute atomic E-state index is 0.102. The molecule has 14 aromatic rings. The first-order valence-electron chi connectivity index (χ1n) is 24.0. The highest BCUT2D eigenvalue weighted by atomic mass is 17.2. The van der Waals surface area contributed by atoms with Gasteiger partial charge in [-0.25, -0.2) is 9.97 Å². The van der Waals surface area contributed by atoms with E-state index in [2.05, 4.69) is 9.97 Å². The zero-order valence-electron chi connectivity index (χ0n) is 41.9. The zero-order valence-corrected chi connectivity index (χ0v) is 41.9. The lowest BCUT2D eigenvalue weighted by Gasteiger charge is -2.20. The van der Waals surface area contributed by atoms with Crippen LogP contribution in [0.4, 0.5) is 0 Å². The van der Waals surface area contributed by atoms with Crippen LogP contribution in [-0.4, -0.2) is 131 Å². The molecule has 0 radical (unpaired) electrons. The van der Waals surface area contributed by atoms with Gasteiger partial charge in [-0.05, 0) is 19.4 Å². The van der Waals surface area contributed by atoms with Gasteiger partial charge in [-0.2, -0.15) is 0 Å². The van der Waals surface area contributed by atoms with Gasteiger partial charge < -0.3 is 112 Å². The largest absolute Gasteiger partial charge is 0.507 e. The highest BCUT2D eigenvalue weighted by Crippen LogP contribution is 2.67. The molecule has 0 aliphatic carbocycles. The normalized spacial score (nSPS) is 12.6. The number of hydrogen-bond donors (Lipinski definition) is 22. The summed E-state index contributed by atoms with van der Waals surface area (Å²) in [6, 6.07) is 0. The van der Waals surface area contributed by atoms with Crippen molar-refractivity contribution >= 4 is 93.5 Å². The molecule has 86 heavy (non-hydrogen) atoms. The topological polar surface area (TPSA) is 577 Å². The lowest BCUT2D eigenvalue weighted by molar-refractivity contribution is -0.100. The van der Waals surface area contributed by atoms with Crippen LogP contribution in [0, 0.1) is 13.8 Å². The lowest BCUT2D eigenvalue weighted by atomic mass is 9.91. The summed E-state index contributed by atoms with van der Waals surface area (Å²) >= 11 is 0. The van der Waals surface area contributed by atoms with E-state index in [4.69, 9.17) is 37.2 Å². The number of benzene rings is 8. The van der Waals surface area contributed by atoms with Crippen molar-refractivity contribution in [3.63, 3.8) is 0 Å². The molecule has 15 rings (SSSR count). The van der Waals surface area contributed by atoms with Crippen LogP contribution in [0.2, 0.25) is 0 Å². The molecule has 0 fully saturated rings. The molecule has 7 heterocycles. The maximum atomic E-state index is 13.0. The van der Waals surface area contributed by atoms with Gasteiger partial charge in [0.1, 0.15) is 33.3 Å². The van der Waals surface area contributed by atoms with Crippen molar-refractivity contribution in [3.05, 3.63) is 11.1 Å². The minimum atomic E-state index is -1.59. The van der Waals surface area contributed by atoms with Gasteiger partial charge in [0.25, 0.3) is 11.2 Å². The Bertz CT molecular complexity index is 5600. The van der Waals surface area contributed by atoms with Gasteiger partial charge in [0.2, 0.25) is 97.3 Å². The van der Waals surface area contributed by atoms with Gasteiger partial charge in [-0.15, -0.1) is 0 Å². The molecule has 1 aliphatic heterocycles. The predicted molar refractivity (Wildman–Crippen MR) is 278 cm³/mol. The first-order valence-corrected chi connectivity index (χ1v) is 24.0. The van der Waals surface area contributed by atoms with E-state index in [1.54, 1.807) is 0 Å². The molecule has 0 atom stereocenters. The highest BCUT2D eigenvalue weighted by molar-refractivity contribution is 6.40. The number of fused-ring (bicyclic) bond motifs is 2. The van der Waals surface area contributed by atoms with Crippen molar-refractivity contribution in [2.75, 3.05) is 0 Å². The molecule has 0 amide bonds. The van der Waals surface area contributed by atoms with E-state index in [-0.39, 0.29) is 11.1 Å². The van der Waals surface area contributed by atoms with Gasteiger partial charge in [0.15, 0.2) is 68.8 Å². The SMILES string of the molecule is Cc1c(C)c(O)c(-c2c(O)c(O)c3c(c2O)OOc2c(O)c(-c4c(O)c(O)c(O)c(O)c4O)c(O)c4nc(-n5c6c(O)c(O)c(O)c7ooc8c(O)c(O)c9ooc%10c(O)c(O)c(O)c%11ooc%12c(O)c5c(c76)c5c8c9n(c%10%11)c%125)nc-3c24)c(O)c1O. The summed E-state index contributed by atoms with van der Waals surface area (Å²) in [6.45, 7) is 2.52. The Morgan fingerprint density at radius 3 is 1.24 bits per heavy atom. The van der Waals surface area contributed by atoms with Crippen LogP contribution >= 0.6 is 0 Å². The molecule has 6 aromatic heterocycles. The first kappa shape index (κ1) is 49.7. The van der Waals surface area contributed by atoms with Crippen molar-refractivity contribution in [2.45, 2.75) is 13.8 Å². The Hall–Kier alpha value is -13.3. The summed E-state index contributed by atoms with van der Waals surface area (Å²) in [7, 11) is 0. The van der Waals surface area contributed by atoms with Crippen molar-refractivity contribution in [3.8, 4) is 177 Å². The van der Waals surface area contributed by atoms with E-state index in [0.717, 1.165) is 4.40 Å². The highest BCUT2D eigenvalue weighted by Gasteiger charge is 2.43. The molecular weight excluding hydrogens is 1160 g/mol. The fraction of sp³-hybridized carbons (Fsp3) is 0.0385. The van der Waals surface area contributed by atoms with Crippen LogP contribution in [0.15, 0.2) is 27.5 Å². The lowest BCUT2D eigenvalue weighted by Crippen LogP contribution is -2.05. The molecule has 34 heteroatoms. The number of aromatic hydroxyl groups is 22. The molecule has 0 spiro atoms. The Morgan fingerprint density at radius 1 is 0.267 bits per heavy atom. The van der Waals surface area contributed by atoms with Crippen LogP contribution in [0.1, 0.15) is 11.1 Å². The van der Waals surface area contributed by atoms with Crippen LogP contribution in [0.5, 0.6) is 138 Å². The Kier molecular flexibility index (Phi) is 8.89. The summed E-state index contributed by atoms with van der Waals surface area (Å²) in [5, 5.41) is 251. The number of nitrogens with zero attached hydrogens (tertiary/aromatic N) is 4. The number of phenolic OH excluding ortho intramolecular Hbond substituents is 22. The molecule has 0 saturated carbocycles. The van der Waals surface area contributed by atoms with E-state index in [9.17, 15) is 112 Å². The summed E-state index contributed by atoms with van der Waals surface area (Å²) in [5.74, 6) is -33.6. The molecule has 436 valence electrons. The average Bonchev–Trinajstić information content (AvgIpc) is 1.49. The summed E-state index contributed by atoms with van der Waals surface area (Å²) in [5.41, 5.74) is -17.2. The predicted octanol–water partition coefficient (Wildman–Crippen LogP) is 7.69. The second-order valence-corrected chi connectivity index (χ2v) is 19.6. The number of aromatic nitrogens is 4. The molecule has 0 bridgehead atoms. The monoisotopic (exact) mass is 1190 g/mol. The maximum Gasteiger partial charge on any atom is 0.252 e. The van der Waals surface area contributed by atoms with E-state index >= 15 is 0 Å². The van der Waals surface area contributed by atoms with Crippen LogP contribution in [0.3, 0.4) is 0 Å². The number of hydrogen-bond acceptors (Lipinski definition) is 32. The second kappa shape index (κ2) is 15.4. The number of phenols is 22. The molecule has 1 aliphatic rings. The summed E-state index contributed by atoms with van der Waals surface area (Å²) < 4.78 is 34.7. The molecule has 22 N–H and O–H groups in total. The average molecular weight is 1190 g/mol. The van der Waals surface area contributed by atoms with Gasteiger partial charge in [0, 0.05) is 16.3 Å². The van der Waals surface area contributed by atoms with Gasteiger partial charge in [-0.3, -0.25) is 46.2 Å². The van der Waals surface area contributed by atoms with E-state index in [1.165, 1.54) is 13.8 Å². The van der Waals surface area contributed by atoms with E-state index in [0.29, 0.717) is 4.57 Å². The maximum absolute atomic E-state index is 13.0. The summed E-state index contributed by atoms with van der Waals surface area (Å²) in [4.78, 5) is 20.0. The van der Waals surface area contributed by atoms with Crippen LogP contribution in [-0.2, 0) is 0 Å². The molecular formula is C52H28N4O30. The van der Waals surface area contributed by atoms with Crippen LogP contribution < -0.4 is 9.78 Å². The standard InChI is InChI=1S/C52H28N4O30/c1-3-4(2)23(58)25(60)9(22(3)57)12-26(61)29(64)14-15-13-16(24(59)10(30(65)46(13)81-82-47(14)31(12)66)11-27(62)34(69)37(72)35(70)28(11)63)54-52(53-15)56-17-5-6-8-20-49(43(78)42(77)45(8)80-79-44-7(5)18(56)32(67)36(71)39(44)74)84-86-51-21-50(40(75)38(73)41(51)76)85-83-48(33(17)68)19(6)55(20)21/h57-78H,1-2H3. The third-order valence-electron chi connectivity index (χ3n) is 15.5. The molecule has 34 nitrogen and oxygen atoms in total.